The van der Waals surface area contributed by atoms with Gasteiger partial charge in [-0.3, -0.25) is 4.79 Å². The first kappa shape index (κ1) is 14.7. The van der Waals surface area contributed by atoms with Crippen LogP contribution in [0.15, 0.2) is 4.79 Å². The first-order valence-corrected chi connectivity index (χ1v) is 8.23. The van der Waals surface area contributed by atoms with Gasteiger partial charge in [0.1, 0.15) is 10.7 Å². The lowest BCUT2D eigenvalue weighted by atomic mass is 9.89. The van der Waals surface area contributed by atoms with E-state index in [1.807, 2.05) is 0 Å². The maximum atomic E-state index is 12.4. The Hall–Kier alpha value is -1.24. The fraction of sp³-hybridized carbons (Fsp3) is 0.600. The lowest BCUT2D eigenvalue weighted by molar-refractivity contribution is 0.199. The third-order valence-corrected chi connectivity index (χ3v) is 5.14. The second-order valence-electron chi connectivity index (χ2n) is 5.71. The first-order valence-electron chi connectivity index (χ1n) is 7.42. The van der Waals surface area contributed by atoms with Crippen LogP contribution in [0, 0.1) is 5.92 Å². The van der Waals surface area contributed by atoms with Gasteiger partial charge < -0.3 is 15.0 Å². The number of ether oxygens (including phenoxy) is 1. The van der Waals surface area contributed by atoms with Crippen molar-refractivity contribution in [1.29, 1.82) is 0 Å². The lowest BCUT2D eigenvalue weighted by Gasteiger charge is -2.17. The molecule has 1 aliphatic carbocycles. The van der Waals surface area contributed by atoms with Crippen molar-refractivity contribution in [2.75, 3.05) is 20.3 Å². The molecule has 0 unspecified atom stereocenters. The number of hydrogen-bond acceptors (Lipinski definition) is 5. The number of methoxy groups -OCH3 is 1. The van der Waals surface area contributed by atoms with Crippen LogP contribution in [0.3, 0.4) is 0 Å². The van der Waals surface area contributed by atoms with Gasteiger partial charge in [-0.15, -0.1) is 11.3 Å². The van der Waals surface area contributed by atoms with E-state index in [1.165, 1.54) is 16.9 Å². The molecule has 5 nitrogen and oxygen atoms in total. The fourth-order valence-corrected chi connectivity index (χ4v) is 4.26. The molecule has 1 aliphatic rings. The highest BCUT2D eigenvalue weighted by atomic mass is 32.1. The summed E-state index contributed by atoms with van der Waals surface area (Å²) in [5.74, 6) is 1.41. The molecule has 0 aliphatic heterocycles. The molecule has 6 heteroatoms. The van der Waals surface area contributed by atoms with Crippen LogP contribution in [-0.2, 0) is 24.1 Å². The molecule has 2 aromatic rings. The number of hydrogen-bond donors (Lipinski definition) is 2. The molecule has 2 heterocycles. The Balaban J connectivity index is 1.88. The van der Waals surface area contributed by atoms with Crippen LogP contribution in [0.1, 0.15) is 29.6 Å². The maximum absolute atomic E-state index is 12.4. The standard InChI is InChI=1S/C15H21N3O2S/c1-9-3-4-10-11(7-9)21-15-13(10)14(19)17-12(18-15)8-16-5-6-20-2/h9,16H,3-8H2,1-2H3,(H,17,18,19)/t9-/m1/s1. The van der Waals surface area contributed by atoms with E-state index in [0.29, 0.717) is 24.9 Å². The largest absolute Gasteiger partial charge is 0.383 e. The van der Waals surface area contributed by atoms with Gasteiger partial charge in [0.15, 0.2) is 0 Å². The van der Waals surface area contributed by atoms with E-state index in [0.717, 1.165) is 29.6 Å². The highest BCUT2D eigenvalue weighted by Crippen LogP contribution is 2.35. The third-order valence-electron chi connectivity index (χ3n) is 3.99. The molecule has 0 fully saturated rings. The molecule has 2 aromatic heterocycles. The van der Waals surface area contributed by atoms with Crippen LogP contribution >= 0.6 is 11.3 Å². The minimum Gasteiger partial charge on any atom is -0.383 e. The Kier molecular flexibility index (Phi) is 4.37. The molecule has 0 aromatic carbocycles. The average molecular weight is 307 g/mol. The zero-order chi connectivity index (χ0) is 14.8. The van der Waals surface area contributed by atoms with Crippen molar-refractivity contribution in [2.24, 2.45) is 5.92 Å². The number of nitrogens with zero attached hydrogens (tertiary/aromatic N) is 1. The molecule has 21 heavy (non-hydrogen) atoms. The summed E-state index contributed by atoms with van der Waals surface area (Å²) in [5, 5.41) is 4.03. The number of thiophene rings is 1. The molecule has 0 radical (unpaired) electrons. The van der Waals surface area contributed by atoms with Gasteiger partial charge >= 0.3 is 0 Å². The van der Waals surface area contributed by atoms with Crippen LogP contribution in [0.5, 0.6) is 0 Å². The summed E-state index contributed by atoms with van der Waals surface area (Å²) in [6.45, 7) is 4.23. The number of rotatable bonds is 5. The van der Waals surface area contributed by atoms with Gasteiger partial charge in [-0.2, -0.15) is 0 Å². The van der Waals surface area contributed by atoms with Gasteiger partial charge in [0.2, 0.25) is 0 Å². The highest BCUT2D eigenvalue weighted by molar-refractivity contribution is 7.18. The van der Waals surface area contributed by atoms with Crippen molar-refractivity contribution < 1.29 is 4.74 Å². The third kappa shape index (κ3) is 3.02. The monoisotopic (exact) mass is 307 g/mol. The van der Waals surface area contributed by atoms with E-state index >= 15 is 0 Å². The van der Waals surface area contributed by atoms with Crippen LogP contribution in [0.25, 0.3) is 10.2 Å². The highest BCUT2D eigenvalue weighted by Gasteiger charge is 2.22. The number of aromatic nitrogens is 2. The summed E-state index contributed by atoms with van der Waals surface area (Å²) in [5.41, 5.74) is 1.25. The van der Waals surface area contributed by atoms with Crippen LogP contribution in [0.4, 0.5) is 0 Å². The Morgan fingerprint density at radius 2 is 2.38 bits per heavy atom. The smallest absolute Gasteiger partial charge is 0.259 e. The van der Waals surface area contributed by atoms with Gasteiger partial charge in [0.25, 0.3) is 5.56 Å². The molecular weight excluding hydrogens is 286 g/mol. The average Bonchev–Trinajstić information content (AvgIpc) is 2.81. The summed E-state index contributed by atoms with van der Waals surface area (Å²) in [4.78, 5) is 22.1. The van der Waals surface area contributed by atoms with Gasteiger partial charge in [-0.05, 0) is 30.7 Å². The van der Waals surface area contributed by atoms with Crippen molar-refractivity contribution in [3.05, 3.63) is 26.6 Å². The minimum atomic E-state index is 0.00981. The molecule has 3 rings (SSSR count). The molecule has 0 spiro atoms. The molecule has 114 valence electrons. The van der Waals surface area contributed by atoms with E-state index in [2.05, 4.69) is 22.2 Å². The van der Waals surface area contributed by atoms with Crippen molar-refractivity contribution in [2.45, 2.75) is 32.7 Å². The summed E-state index contributed by atoms with van der Waals surface area (Å²) < 4.78 is 4.99. The Morgan fingerprint density at radius 1 is 1.52 bits per heavy atom. The summed E-state index contributed by atoms with van der Waals surface area (Å²) in [6, 6.07) is 0. The van der Waals surface area contributed by atoms with Gasteiger partial charge in [-0.25, -0.2) is 4.98 Å². The van der Waals surface area contributed by atoms with Gasteiger partial charge in [0, 0.05) is 18.5 Å². The van der Waals surface area contributed by atoms with E-state index in [-0.39, 0.29) is 5.56 Å². The second-order valence-corrected chi connectivity index (χ2v) is 6.80. The molecule has 0 saturated carbocycles. The second kappa shape index (κ2) is 6.25. The van der Waals surface area contributed by atoms with Crippen molar-refractivity contribution in [1.82, 2.24) is 15.3 Å². The van der Waals surface area contributed by atoms with Crippen molar-refractivity contribution in [3.63, 3.8) is 0 Å². The summed E-state index contributed by atoms with van der Waals surface area (Å²) in [6.07, 6.45) is 3.25. The van der Waals surface area contributed by atoms with E-state index in [1.54, 1.807) is 18.4 Å². The number of aryl methyl sites for hydroxylation is 1. The predicted octanol–water partition coefficient (Wildman–Crippen LogP) is 1.85. The number of H-pyrrole nitrogens is 1. The van der Waals surface area contributed by atoms with Gasteiger partial charge in [0.05, 0.1) is 18.5 Å². The number of nitrogens with one attached hydrogen (secondary N) is 2. The lowest BCUT2D eigenvalue weighted by Crippen LogP contribution is -2.22. The van der Waals surface area contributed by atoms with E-state index < -0.39 is 0 Å². The van der Waals surface area contributed by atoms with Crippen LogP contribution in [0.2, 0.25) is 0 Å². The quantitative estimate of drug-likeness (QED) is 0.827. The summed E-state index contributed by atoms with van der Waals surface area (Å²) in [7, 11) is 1.67. The number of fused-ring (bicyclic) bond motifs is 3. The predicted molar refractivity (Wildman–Crippen MR) is 85.0 cm³/mol. The molecule has 1 atom stereocenters. The van der Waals surface area contributed by atoms with E-state index in [9.17, 15) is 4.79 Å². The Labute approximate surface area is 127 Å². The normalized spacial score (nSPS) is 18.1. The van der Waals surface area contributed by atoms with Crippen molar-refractivity contribution in [3.8, 4) is 0 Å². The summed E-state index contributed by atoms with van der Waals surface area (Å²) >= 11 is 1.69. The van der Waals surface area contributed by atoms with Crippen LogP contribution in [-0.4, -0.2) is 30.2 Å². The Bertz CT molecular complexity index is 692. The van der Waals surface area contributed by atoms with Crippen LogP contribution < -0.4 is 10.9 Å². The maximum Gasteiger partial charge on any atom is 0.259 e. The first-order chi connectivity index (χ1) is 10.2. The van der Waals surface area contributed by atoms with Gasteiger partial charge in [-0.1, -0.05) is 6.92 Å². The number of aromatic amines is 1. The molecule has 0 saturated heterocycles. The molecule has 0 amide bonds. The zero-order valence-corrected chi connectivity index (χ0v) is 13.3. The SMILES string of the molecule is COCCNCc1nc2sc3c(c2c(=O)[nH]1)CC[C@@H](C)C3. The topological polar surface area (TPSA) is 67.0 Å². The van der Waals surface area contributed by atoms with Crippen molar-refractivity contribution >= 4 is 21.6 Å². The fourth-order valence-electron chi connectivity index (χ4n) is 2.86. The Morgan fingerprint density at radius 3 is 3.19 bits per heavy atom. The van der Waals surface area contributed by atoms with E-state index in [4.69, 9.17) is 4.74 Å². The molecule has 0 bridgehead atoms. The minimum absolute atomic E-state index is 0.00981. The zero-order valence-electron chi connectivity index (χ0n) is 12.5. The molecular formula is C15H21N3O2S. The molecule has 2 N–H and O–H groups in total.